The Balaban J connectivity index is 3.15. The fourth-order valence-electron chi connectivity index (χ4n) is 1.86. The predicted molar refractivity (Wildman–Crippen MR) is 73.9 cm³/mol. The summed E-state index contributed by atoms with van der Waals surface area (Å²) < 4.78 is 4.56. The first kappa shape index (κ1) is 17.0. The van der Waals surface area contributed by atoms with Crippen molar-refractivity contribution in [3.8, 4) is 0 Å². The second-order valence-electron chi connectivity index (χ2n) is 4.42. The fourth-order valence-corrected chi connectivity index (χ4v) is 1.86. The van der Waals surface area contributed by atoms with Crippen molar-refractivity contribution in [2.24, 2.45) is 0 Å². The minimum absolute atomic E-state index is 0.0936. The molecule has 116 valence electrons. The molecular formula is C13H18N2O6. The van der Waals surface area contributed by atoms with E-state index in [1.54, 1.807) is 7.05 Å². The van der Waals surface area contributed by atoms with Gasteiger partial charge in [-0.05, 0) is 31.6 Å². The molecule has 0 amide bonds. The molecule has 0 aliphatic carbocycles. The summed E-state index contributed by atoms with van der Waals surface area (Å²) in [6.45, 7) is 0.471. The van der Waals surface area contributed by atoms with E-state index in [1.807, 2.05) is 0 Å². The summed E-state index contributed by atoms with van der Waals surface area (Å²) in [6, 6.07) is 3.43. The smallest absolute Gasteiger partial charge is 0.338 e. The molecule has 0 saturated carbocycles. The number of hydrogen-bond acceptors (Lipinski definition) is 7. The molecule has 0 saturated heterocycles. The molecule has 0 aliphatic heterocycles. The zero-order valence-electron chi connectivity index (χ0n) is 11.8. The van der Waals surface area contributed by atoms with Gasteiger partial charge in [0.2, 0.25) is 0 Å². The summed E-state index contributed by atoms with van der Waals surface area (Å²) in [5.41, 5.74) is -0.338. The van der Waals surface area contributed by atoms with Crippen molar-refractivity contribution >= 4 is 11.7 Å². The predicted octanol–water partition coefficient (Wildman–Crippen LogP) is 0.385. The number of nitrogens with one attached hydrogen (secondary N) is 1. The Morgan fingerprint density at radius 2 is 2.14 bits per heavy atom. The van der Waals surface area contributed by atoms with Crippen LogP contribution in [0.4, 0.5) is 5.69 Å². The van der Waals surface area contributed by atoms with Crippen molar-refractivity contribution in [3.05, 3.63) is 39.4 Å². The SMILES string of the molecule is CNCCC(O)C(O)c1ccc([N+](=O)[O-])cc1C(=O)OC. The Kier molecular flexibility index (Phi) is 6.22. The first-order chi connectivity index (χ1) is 9.92. The van der Waals surface area contributed by atoms with E-state index in [0.29, 0.717) is 6.54 Å². The average molecular weight is 298 g/mol. The number of benzene rings is 1. The van der Waals surface area contributed by atoms with Gasteiger partial charge in [-0.25, -0.2) is 4.79 Å². The molecule has 2 atom stereocenters. The standard InChI is InChI=1S/C13H18N2O6/c1-14-6-5-11(16)12(17)9-4-3-8(15(19)20)7-10(9)13(18)21-2/h3-4,7,11-12,14,16-17H,5-6H2,1-2H3. The number of aliphatic hydroxyl groups excluding tert-OH is 2. The average Bonchev–Trinajstić information content (AvgIpc) is 2.50. The van der Waals surface area contributed by atoms with Crippen molar-refractivity contribution in [1.82, 2.24) is 5.32 Å². The molecule has 0 heterocycles. The highest BCUT2D eigenvalue weighted by molar-refractivity contribution is 5.92. The second-order valence-corrected chi connectivity index (χ2v) is 4.42. The number of nitro benzene ring substituents is 1. The van der Waals surface area contributed by atoms with Crippen LogP contribution in [0.25, 0.3) is 0 Å². The Labute approximate surface area is 121 Å². The van der Waals surface area contributed by atoms with E-state index < -0.39 is 23.1 Å². The van der Waals surface area contributed by atoms with Gasteiger partial charge in [0.05, 0.1) is 23.7 Å². The number of esters is 1. The summed E-state index contributed by atoms with van der Waals surface area (Å²) in [7, 11) is 2.83. The van der Waals surface area contributed by atoms with Crippen molar-refractivity contribution in [3.63, 3.8) is 0 Å². The van der Waals surface area contributed by atoms with Gasteiger partial charge < -0.3 is 20.3 Å². The first-order valence-corrected chi connectivity index (χ1v) is 6.29. The van der Waals surface area contributed by atoms with Crippen LogP contribution in [-0.4, -0.2) is 47.9 Å². The third-order valence-corrected chi connectivity index (χ3v) is 3.03. The highest BCUT2D eigenvalue weighted by Crippen LogP contribution is 2.27. The zero-order chi connectivity index (χ0) is 16.0. The molecular weight excluding hydrogens is 280 g/mol. The van der Waals surface area contributed by atoms with E-state index in [0.717, 1.165) is 19.2 Å². The van der Waals surface area contributed by atoms with Gasteiger partial charge in [0.25, 0.3) is 5.69 Å². The van der Waals surface area contributed by atoms with Crippen molar-refractivity contribution in [2.45, 2.75) is 18.6 Å². The molecule has 8 nitrogen and oxygen atoms in total. The molecule has 0 spiro atoms. The van der Waals surface area contributed by atoms with E-state index in [1.165, 1.54) is 6.07 Å². The number of carbonyl (C=O) groups excluding carboxylic acids is 1. The maximum absolute atomic E-state index is 11.7. The number of ether oxygens (including phenoxy) is 1. The van der Waals surface area contributed by atoms with E-state index >= 15 is 0 Å². The summed E-state index contributed by atoms with van der Waals surface area (Å²) in [5, 5.41) is 33.6. The number of rotatable bonds is 7. The quantitative estimate of drug-likeness (QED) is 0.378. The third kappa shape index (κ3) is 4.22. The normalized spacial score (nSPS) is 13.5. The lowest BCUT2D eigenvalue weighted by molar-refractivity contribution is -0.384. The Morgan fingerprint density at radius 3 is 2.67 bits per heavy atom. The molecule has 0 bridgehead atoms. The van der Waals surface area contributed by atoms with Crippen LogP contribution < -0.4 is 5.32 Å². The van der Waals surface area contributed by atoms with Gasteiger partial charge in [-0.3, -0.25) is 10.1 Å². The second kappa shape index (κ2) is 7.67. The fraction of sp³-hybridized carbons (Fsp3) is 0.462. The molecule has 1 aromatic carbocycles. The number of carbonyl (C=O) groups is 1. The Hall–Kier alpha value is -2.03. The van der Waals surface area contributed by atoms with Crippen LogP contribution in [-0.2, 0) is 4.74 Å². The van der Waals surface area contributed by atoms with Crippen LogP contribution in [0.3, 0.4) is 0 Å². The van der Waals surface area contributed by atoms with Crippen LogP contribution in [0.1, 0.15) is 28.4 Å². The van der Waals surface area contributed by atoms with E-state index in [-0.39, 0.29) is 23.2 Å². The van der Waals surface area contributed by atoms with E-state index in [9.17, 15) is 25.1 Å². The summed E-state index contributed by atoms with van der Waals surface area (Å²) >= 11 is 0. The number of nitro groups is 1. The topological polar surface area (TPSA) is 122 Å². The van der Waals surface area contributed by atoms with Crippen LogP contribution in [0, 0.1) is 10.1 Å². The summed E-state index contributed by atoms with van der Waals surface area (Å²) in [6.07, 6.45) is -2.19. The van der Waals surface area contributed by atoms with E-state index in [4.69, 9.17) is 0 Å². The van der Waals surface area contributed by atoms with Gasteiger partial charge in [0.15, 0.2) is 0 Å². The number of hydrogen-bond donors (Lipinski definition) is 3. The van der Waals surface area contributed by atoms with Crippen LogP contribution in [0.15, 0.2) is 18.2 Å². The lowest BCUT2D eigenvalue weighted by Gasteiger charge is -2.20. The molecule has 21 heavy (non-hydrogen) atoms. The van der Waals surface area contributed by atoms with Gasteiger partial charge in [-0.2, -0.15) is 0 Å². The minimum Gasteiger partial charge on any atom is -0.465 e. The van der Waals surface area contributed by atoms with Crippen molar-refractivity contribution in [1.29, 1.82) is 0 Å². The maximum Gasteiger partial charge on any atom is 0.338 e. The third-order valence-electron chi connectivity index (χ3n) is 3.03. The first-order valence-electron chi connectivity index (χ1n) is 6.29. The number of non-ortho nitro benzene ring substituents is 1. The minimum atomic E-state index is -1.34. The molecule has 3 N–H and O–H groups in total. The Bertz CT molecular complexity index is 519. The van der Waals surface area contributed by atoms with E-state index in [2.05, 4.69) is 10.1 Å². The molecule has 0 aromatic heterocycles. The Morgan fingerprint density at radius 1 is 1.48 bits per heavy atom. The highest BCUT2D eigenvalue weighted by Gasteiger charge is 2.26. The lowest BCUT2D eigenvalue weighted by Crippen LogP contribution is -2.25. The van der Waals surface area contributed by atoms with Crippen molar-refractivity contribution in [2.75, 3.05) is 20.7 Å². The van der Waals surface area contributed by atoms with Crippen molar-refractivity contribution < 1.29 is 24.7 Å². The molecule has 1 aromatic rings. The molecule has 0 fully saturated rings. The lowest BCUT2D eigenvalue weighted by atomic mass is 9.96. The molecule has 0 radical (unpaired) electrons. The highest BCUT2D eigenvalue weighted by atomic mass is 16.6. The number of methoxy groups -OCH3 is 1. The maximum atomic E-state index is 11.7. The monoisotopic (exact) mass is 298 g/mol. The number of aliphatic hydroxyl groups is 2. The van der Waals surface area contributed by atoms with Crippen LogP contribution >= 0.6 is 0 Å². The molecule has 0 aliphatic rings. The van der Waals surface area contributed by atoms with Crippen LogP contribution in [0.2, 0.25) is 0 Å². The molecule has 2 unspecified atom stereocenters. The molecule has 8 heteroatoms. The van der Waals surface area contributed by atoms with Gasteiger partial charge in [-0.15, -0.1) is 0 Å². The van der Waals surface area contributed by atoms with Gasteiger partial charge in [0.1, 0.15) is 6.10 Å². The summed E-state index contributed by atoms with van der Waals surface area (Å²) in [4.78, 5) is 21.8. The zero-order valence-corrected chi connectivity index (χ0v) is 11.8. The van der Waals surface area contributed by atoms with Gasteiger partial charge in [0, 0.05) is 12.1 Å². The van der Waals surface area contributed by atoms with Gasteiger partial charge in [-0.1, -0.05) is 0 Å². The van der Waals surface area contributed by atoms with Crippen LogP contribution in [0.5, 0.6) is 0 Å². The summed E-state index contributed by atoms with van der Waals surface area (Å²) in [5.74, 6) is -0.812. The largest absolute Gasteiger partial charge is 0.465 e. The molecule has 1 rings (SSSR count). The number of nitrogens with zero attached hydrogens (tertiary/aromatic N) is 1. The van der Waals surface area contributed by atoms with Gasteiger partial charge >= 0.3 is 5.97 Å².